The van der Waals surface area contributed by atoms with Crippen LogP contribution in [0.4, 0.5) is 5.69 Å². The topological polar surface area (TPSA) is 57.7 Å². The van der Waals surface area contributed by atoms with Crippen molar-refractivity contribution in [2.24, 2.45) is 0 Å². The summed E-state index contributed by atoms with van der Waals surface area (Å²) in [6.45, 7) is 0.488. The fraction of sp³-hybridized carbons (Fsp3) is 0.417. The molecule has 1 aliphatic heterocycles. The number of nitrogens with zero attached hydrogens (tertiary/aromatic N) is 2. The van der Waals surface area contributed by atoms with E-state index in [0.717, 1.165) is 0 Å². The maximum atomic E-state index is 11.8. The van der Waals surface area contributed by atoms with Crippen LogP contribution in [0.3, 0.4) is 0 Å². The Bertz CT molecular complexity index is 566. The molecule has 0 unspecified atom stereocenters. The van der Waals surface area contributed by atoms with E-state index in [1.807, 2.05) is 0 Å². The second-order valence-electron chi connectivity index (χ2n) is 4.49. The standard InChI is InChI=1S/C12H16N2O3S/c1-13(2)12(15)10-5-3-6-11(9-10)14-7-4-8-18(14,16)17/h3,5-6,9H,4,7-8H2,1-2H3. The van der Waals surface area contributed by atoms with Gasteiger partial charge in [0.05, 0.1) is 11.4 Å². The van der Waals surface area contributed by atoms with Crippen LogP contribution in [-0.4, -0.2) is 45.6 Å². The van der Waals surface area contributed by atoms with Crippen LogP contribution in [0, 0.1) is 0 Å². The SMILES string of the molecule is CN(C)C(=O)c1cccc(N2CCCS2(=O)=O)c1. The van der Waals surface area contributed by atoms with Gasteiger partial charge in [-0.1, -0.05) is 6.07 Å². The third-order valence-electron chi connectivity index (χ3n) is 2.89. The predicted molar refractivity (Wildman–Crippen MR) is 70.2 cm³/mol. The minimum absolute atomic E-state index is 0.131. The lowest BCUT2D eigenvalue weighted by Gasteiger charge is -2.18. The highest BCUT2D eigenvalue weighted by Gasteiger charge is 2.28. The molecule has 0 N–H and O–H groups in total. The smallest absolute Gasteiger partial charge is 0.253 e. The summed E-state index contributed by atoms with van der Waals surface area (Å²) in [7, 11) is 0.142. The van der Waals surface area contributed by atoms with Gasteiger partial charge in [0.2, 0.25) is 10.0 Å². The number of benzene rings is 1. The molecule has 0 spiro atoms. The molecule has 1 aromatic carbocycles. The van der Waals surface area contributed by atoms with Gasteiger partial charge in [0, 0.05) is 26.2 Å². The first-order chi connectivity index (χ1) is 8.42. The van der Waals surface area contributed by atoms with Crippen LogP contribution in [0.25, 0.3) is 0 Å². The van der Waals surface area contributed by atoms with Crippen LogP contribution in [0.15, 0.2) is 24.3 Å². The van der Waals surface area contributed by atoms with Crippen molar-refractivity contribution < 1.29 is 13.2 Å². The summed E-state index contributed by atoms with van der Waals surface area (Å²) in [6, 6.07) is 6.74. The molecule has 1 fully saturated rings. The average Bonchev–Trinajstić information content (AvgIpc) is 2.68. The van der Waals surface area contributed by atoms with Crippen LogP contribution in [-0.2, 0) is 10.0 Å². The number of anilines is 1. The monoisotopic (exact) mass is 268 g/mol. The first-order valence-corrected chi connectivity index (χ1v) is 7.35. The minimum atomic E-state index is -3.19. The number of amides is 1. The Morgan fingerprint density at radius 2 is 2.06 bits per heavy atom. The molecule has 1 amide bonds. The van der Waals surface area contributed by atoms with E-state index in [0.29, 0.717) is 24.2 Å². The molecule has 0 aromatic heterocycles. The molecular weight excluding hydrogens is 252 g/mol. The van der Waals surface area contributed by atoms with Gasteiger partial charge in [-0.3, -0.25) is 9.10 Å². The van der Waals surface area contributed by atoms with Crippen molar-refractivity contribution in [3.63, 3.8) is 0 Å². The third-order valence-corrected chi connectivity index (χ3v) is 4.76. The van der Waals surface area contributed by atoms with Crippen molar-refractivity contribution in [3.05, 3.63) is 29.8 Å². The lowest BCUT2D eigenvalue weighted by atomic mass is 10.2. The van der Waals surface area contributed by atoms with Gasteiger partial charge in [0.15, 0.2) is 0 Å². The lowest BCUT2D eigenvalue weighted by Crippen LogP contribution is -2.26. The Balaban J connectivity index is 2.36. The lowest BCUT2D eigenvalue weighted by molar-refractivity contribution is 0.0827. The fourth-order valence-corrected chi connectivity index (χ4v) is 3.54. The average molecular weight is 268 g/mol. The van der Waals surface area contributed by atoms with E-state index in [9.17, 15) is 13.2 Å². The van der Waals surface area contributed by atoms with Gasteiger partial charge < -0.3 is 4.90 Å². The second-order valence-corrected chi connectivity index (χ2v) is 6.50. The zero-order valence-electron chi connectivity index (χ0n) is 10.5. The van der Waals surface area contributed by atoms with E-state index < -0.39 is 10.0 Å². The molecule has 0 radical (unpaired) electrons. The molecule has 6 heteroatoms. The Labute approximate surface area is 107 Å². The largest absolute Gasteiger partial charge is 0.345 e. The van der Waals surface area contributed by atoms with Crippen LogP contribution < -0.4 is 4.31 Å². The molecule has 1 saturated heterocycles. The molecule has 98 valence electrons. The highest BCUT2D eigenvalue weighted by atomic mass is 32.2. The molecule has 18 heavy (non-hydrogen) atoms. The van der Waals surface area contributed by atoms with Crippen LogP contribution in [0.5, 0.6) is 0 Å². The zero-order valence-corrected chi connectivity index (χ0v) is 11.3. The second kappa shape index (κ2) is 4.61. The maximum Gasteiger partial charge on any atom is 0.253 e. The Morgan fingerprint density at radius 3 is 2.61 bits per heavy atom. The summed E-state index contributed by atoms with van der Waals surface area (Å²) < 4.78 is 25.0. The zero-order chi connectivity index (χ0) is 13.3. The highest BCUT2D eigenvalue weighted by molar-refractivity contribution is 7.93. The number of carbonyl (C=O) groups is 1. The molecule has 1 aliphatic rings. The van der Waals surface area contributed by atoms with Gasteiger partial charge in [-0.15, -0.1) is 0 Å². The number of hydrogen-bond donors (Lipinski definition) is 0. The van der Waals surface area contributed by atoms with Gasteiger partial charge in [-0.2, -0.15) is 0 Å². The fourth-order valence-electron chi connectivity index (χ4n) is 1.98. The van der Waals surface area contributed by atoms with E-state index in [2.05, 4.69) is 0 Å². The molecule has 5 nitrogen and oxygen atoms in total. The molecular formula is C12H16N2O3S. The third kappa shape index (κ3) is 2.33. The maximum absolute atomic E-state index is 11.8. The quantitative estimate of drug-likeness (QED) is 0.801. The number of carbonyl (C=O) groups excluding carboxylic acids is 1. The number of rotatable bonds is 2. The molecule has 0 saturated carbocycles. The Kier molecular flexibility index (Phi) is 3.30. The number of sulfonamides is 1. The van der Waals surface area contributed by atoms with Crippen LogP contribution >= 0.6 is 0 Å². The van der Waals surface area contributed by atoms with Gasteiger partial charge in [0.25, 0.3) is 5.91 Å². The molecule has 0 atom stereocenters. The van der Waals surface area contributed by atoms with Gasteiger partial charge in [-0.25, -0.2) is 8.42 Å². The van der Waals surface area contributed by atoms with Crippen molar-refractivity contribution >= 4 is 21.6 Å². The van der Waals surface area contributed by atoms with E-state index in [-0.39, 0.29) is 11.7 Å². The first kappa shape index (κ1) is 12.9. The molecule has 1 heterocycles. The van der Waals surface area contributed by atoms with Crippen LogP contribution in [0.2, 0.25) is 0 Å². The van der Waals surface area contributed by atoms with Gasteiger partial charge >= 0.3 is 0 Å². The normalized spacial score (nSPS) is 17.8. The Hall–Kier alpha value is -1.56. The van der Waals surface area contributed by atoms with Crippen molar-refractivity contribution in [3.8, 4) is 0 Å². The van der Waals surface area contributed by atoms with E-state index >= 15 is 0 Å². The van der Waals surface area contributed by atoms with Crippen molar-refractivity contribution in [2.45, 2.75) is 6.42 Å². The Morgan fingerprint density at radius 1 is 1.33 bits per heavy atom. The van der Waals surface area contributed by atoms with E-state index in [1.165, 1.54) is 9.21 Å². The molecule has 2 rings (SSSR count). The molecule has 1 aromatic rings. The van der Waals surface area contributed by atoms with E-state index in [4.69, 9.17) is 0 Å². The summed E-state index contributed by atoms with van der Waals surface area (Å²) >= 11 is 0. The summed E-state index contributed by atoms with van der Waals surface area (Å²) in [4.78, 5) is 13.3. The predicted octanol–water partition coefficient (Wildman–Crippen LogP) is 0.928. The van der Waals surface area contributed by atoms with Gasteiger partial charge in [0.1, 0.15) is 0 Å². The van der Waals surface area contributed by atoms with Crippen molar-refractivity contribution in [1.29, 1.82) is 0 Å². The molecule has 0 bridgehead atoms. The summed E-state index contributed by atoms with van der Waals surface area (Å²) in [5.74, 6) is 0.0483. The highest BCUT2D eigenvalue weighted by Crippen LogP contribution is 2.24. The van der Waals surface area contributed by atoms with E-state index in [1.54, 1.807) is 38.4 Å². The minimum Gasteiger partial charge on any atom is -0.345 e. The van der Waals surface area contributed by atoms with Crippen molar-refractivity contribution in [2.75, 3.05) is 30.7 Å². The summed E-state index contributed by atoms with van der Waals surface area (Å²) in [5.41, 5.74) is 1.07. The number of hydrogen-bond acceptors (Lipinski definition) is 3. The van der Waals surface area contributed by atoms with Gasteiger partial charge in [-0.05, 0) is 24.6 Å². The van der Waals surface area contributed by atoms with Crippen molar-refractivity contribution in [1.82, 2.24) is 4.90 Å². The molecule has 0 aliphatic carbocycles. The summed E-state index contributed by atoms with van der Waals surface area (Å²) in [5, 5.41) is 0. The first-order valence-electron chi connectivity index (χ1n) is 5.74. The summed E-state index contributed by atoms with van der Waals surface area (Å²) in [6.07, 6.45) is 0.633. The van der Waals surface area contributed by atoms with Crippen LogP contribution in [0.1, 0.15) is 16.8 Å².